The van der Waals surface area contributed by atoms with Crippen LogP contribution in [-0.4, -0.2) is 26.4 Å². The van der Waals surface area contributed by atoms with Gasteiger partial charge in [-0.2, -0.15) is 0 Å². The predicted molar refractivity (Wildman–Crippen MR) is 93.6 cm³/mol. The van der Waals surface area contributed by atoms with Gasteiger partial charge in [-0.3, -0.25) is 0 Å². The molecule has 0 radical (unpaired) electrons. The summed E-state index contributed by atoms with van der Waals surface area (Å²) >= 11 is 0. The van der Waals surface area contributed by atoms with Gasteiger partial charge in [-0.15, -0.1) is 0 Å². The van der Waals surface area contributed by atoms with E-state index in [1.165, 1.54) is 0 Å². The Hall–Kier alpha value is -2.82. The Morgan fingerprint density at radius 3 is 1.39 bits per heavy atom. The third-order valence-corrected chi connectivity index (χ3v) is 2.60. The second-order valence-corrected chi connectivity index (χ2v) is 4.34. The lowest BCUT2D eigenvalue weighted by molar-refractivity contribution is 0.287. The summed E-state index contributed by atoms with van der Waals surface area (Å²) in [5.74, 6) is 1.62. The van der Waals surface area contributed by atoms with Gasteiger partial charge in [0.2, 0.25) is 0 Å². The van der Waals surface area contributed by atoms with Gasteiger partial charge in [0.25, 0.3) is 0 Å². The van der Waals surface area contributed by atoms with Gasteiger partial charge in [0.15, 0.2) is 23.0 Å². The normalized spacial score (nSPS) is 9.57. The number of hydrogen-bond acceptors (Lipinski definition) is 5. The van der Waals surface area contributed by atoms with Crippen molar-refractivity contribution in [2.45, 2.75) is 0 Å². The van der Waals surface area contributed by atoms with Gasteiger partial charge in [0.05, 0.1) is 0 Å². The van der Waals surface area contributed by atoms with Crippen molar-refractivity contribution in [2.24, 2.45) is 0 Å². The molecular formula is C18H23NO4. The third-order valence-electron chi connectivity index (χ3n) is 2.60. The maximum Gasteiger partial charge on any atom is 0.188 e. The first-order chi connectivity index (χ1) is 11.2. The van der Waals surface area contributed by atoms with Gasteiger partial charge < -0.3 is 24.7 Å². The van der Waals surface area contributed by atoms with E-state index in [4.69, 9.17) is 24.7 Å². The van der Waals surface area contributed by atoms with E-state index in [-0.39, 0.29) is 18.9 Å². The number of ether oxygens (including phenoxy) is 4. The largest absolute Gasteiger partial charge is 0.485 e. The molecule has 0 heterocycles. The van der Waals surface area contributed by atoms with Crippen molar-refractivity contribution in [3.05, 3.63) is 56.7 Å². The Kier molecular flexibility index (Phi) is 7.92. The Morgan fingerprint density at radius 2 is 1.04 bits per heavy atom. The summed E-state index contributed by atoms with van der Waals surface area (Å²) < 4.78 is 22.4. The lowest BCUT2D eigenvalue weighted by atomic mass is 10.2. The van der Waals surface area contributed by atoms with E-state index in [9.17, 15) is 0 Å². The predicted octanol–water partition coefficient (Wildman–Crippen LogP) is 3.53. The zero-order valence-electron chi connectivity index (χ0n) is 13.3. The molecular weight excluding hydrogens is 294 g/mol. The van der Waals surface area contributed by atoms with Gasteiger partial charge in [0.1, 0.15) is 32.1 Å². The fourth-order valence-electron chi connectivity index (χ4n) is 1.71. The molecule has 0 bridgehead atoms. The van der Waals surface area contributed by atoms with Crippen LogP contribution >= 0.6 is 0 Å². The van der Waals surface area contributed by atoms with Crippen LogP contribution in [0.2, 0.25) is 0 Å². The molecule has 0 spiro atoms. The molecule has 124 valence electrons. The van der Waals surface area contributed by atoms with Crippen molar-refractivity contribution in [2.75, 3.05) is 32.2 Å². The van der Waals surface area contributed by atoms with E-state index in [1.54, 1.807) is 30.4 Å². The monoisotopic (exact) mass is 317 g/mol. The number of nitrogens with two attached hydrogens (primary N) is 1. The van der Waals surface area contributed by atoms with Crippen molar-refractivity contribution in [1.82, 2.24) is 0 Å². The quantitative estimate of drug-likeness (QED) is 0.472. The fourth-order valence-corrected chi connectivity index (χ4v) is 1.71. The number of rotatable bonds is 12. The van der Waals surface area contributed by atoms with E-state index < -0.39 is 0 Å². The molecule has 0 aromatic heterocycles. The molecule has 0 aliphatic heterocycles. The van der Waals surface area contributed by atoms with Gasteiger partial charge in [0, 0.05) is 6.07 Å². The number of nitrogen functional groups attached to an aromatic ring is 1. The van der Waals surface area contributed by atoms with Crippen LogP contribution in [0.4, 0.5) is 5.69 Å². The van der Waals surface area contributed by atoms with Crippen molar-refractivity contribution >= 4 is 5.69 Å². The van der Waals surface area contributed by atoms with Crippen LogP contribution in [0, 0.1) is 0 Å². The van der Waals surface area contributed by atoms with Gasteiger partial charge >= 0.3 is 0 Å². The molecule has 0 amide bonds. The number of hydrogen-bond donors (Lipinski definition) is 1. The molecule has 5 heteroatoms. The molecule has 0 aliphatic carbocycles. The third kappa shape index (κ3) is 5.14. The molecule has 2 N–H and O–H groups in total. The van der Waals surface area contributed by atoms with E-state index >= 15 is 0 Å². The Bertz CT molecular complexity index is 520. The van der Waals surface area contributed by atoms with Crippen LogP contribution in [0.3, 0.4) is 0 Å². The van der Waals surface area contributed by atoms with E-state index in [0.29, 0.717) is 36.2 Å². The average Bonchev–Trinajstić information content (AvgIpc) is 2.56. The smallest absolute Gasteiger partial charge is 0.188 e. The zero-order chi connectivity index (χ0) is 17.1. The summed E-state index contributed by atoms with van der Waals surface area (Å²) in [5, 5.41) is 0. The Morgan fingerprint density at radius 1 is 0.696 bits per heavy atom. The highest BCUT2D eigenvalue weighted by Gasteiger charge is 2.20. The maximum absolute atomic E-state index is 6.18. The molecule has 0 atom stereocenters. The van der Waals surface area contributed by atoms with E-state index in [0.717, 1.165) is 0 Å². The first-order valence-electron chi connectivity index (χ1n) is 7.10. The number of anilines is 1. The molecule has 5 nitrogen and oxygen atoms in total. The fraction of sp³-hybridized carbons (Fsp3) is 0.222. The standard InChI is InChI=1S/C18H23NO4/c1-5-9-20-14-13-15(21-10-6-2)18(23-12-8-4)16(19)17(14)22-11-7-3/h5-8,13H,1-4,9-12,19H2. The molecule has 0 saturated heterocycles. The summed E-state index contributed by atoms with van der Waals surface area (Å²) in [6.07, 6.45) is 6.48. The van der Waals surface area contributed by atoms with Crippen molar-refractivity contribution in [3.63, 3.8) is 0 Å². The topological polar surface area (TPSA) is 62.9 Å². The summed E-state index contributed by atoms with van der Waals surface area (Å²) in [7, 11) is 0. The molecule has 0 fully saturated rings. The van der Waals surface area contributed by atoms with Crippen LogP contribution in [0.1, 0.15) is 0 Å². The summed E-state index contributed by atoms with van der Waals surface area (Å²) in [6, 6.07) is 1.67. The van der Waals surface area contributed by atoms with Crippen LogP contribution in [0.15, 0.2) is 56.7 Å². The lowest BCUT2D eigenvalue weighted by Gasteiger charge is -2.19. The van der Waals surface area contributed by atoms with Crippen molar-refractivity contribution in [3.8, 4) is 23.0 Å². The maximum atomic E-state index is 6.18. The molecule has 1 aromatic rings. The van der Waals surface area contributed by atoms with Gasteiger partial charge in [-0.05, 0) is 0 Å². The van der Waals surface area contributed by atoms with Gasteiger partial charge in [-0.25, -0.2) is 0 Å². The van der Waals surface area contributed by atoms with Crippen molar-refractivity contribution < 1.29 is 18.9 Å². The summed E-state index contributed by atoms with van der Waals surface area (Å²) in [5.41, 5.74) is 6.47. The Balaban J connectivity index is 3.32. The molecule has 0 unspecified atom stereocenters. The molecule has 0 aliphatic rings. The summed E-state index contributed by atoms with van der Waals surface area (Å²) in [6.45, 7) is 15.7. The SMILES string of the molecule is C=CCOc1cc(OCC=C)c(OCC=C)c(N)c1OCC=C. The highest BCUT2D eigenvalue weighted by molar-refractivity contribution is 5.73. The minimum Gasteiger partial charge on any atom is -0.485 e. The minimum absolute atomic E-state index is 0.280. The lowest BCUT2D eigenvalue weighted by Crippen LogP contribution is -2.08. The second-order valence-electron chi connectivity index (χ2n) is 4.34. The minimum atomic E-state index is 0.280. The van der Waals surface area contributed by atoms with Crippen LogP contribution < -0.4 is 24.7 Å². The van der Waals surface area contributed by atoms with Crippen molar-refractivity contribution in [1.29, 1.82) is 0 Å². The van der Waals surface area contributed by atoms with Crippen LogP contribution in [-0.2, 0) is 0 Å². The molecule has 0 saturated carbocycles. The second kappa shape index (κ2) is 10.00. The molecule has 1 rings (SSSR count). The highest BCUT2D eigenvalue weighted by atomic mass is 16.5. The van der Waals surface area contributed by atoms with Crippen LogP contribution in [0.25, 0.3) is 0 Å². The van der Waals surface area contributed by atoms with E-state index in [2.05, 4.69) is 26.3 Å². The first-order valence-corrected chi connectivity index (χ1v) is 7.10. The highest BCUT2D eigenvalue weighted by Crippen LogP contribution is 2.47. The molecule has 23 heavy (non-hydrogen) atoms. The van der Waals surface area contributed by atoms with Crippen LogP contribution in [0.5, 0.6) is 23.0 Å². The average molecular weight is 317 g/mol. The zero-order valence-corrected chi connectivity index (χ0v) is 13.3. The summed E-state index contributed by atoms with van der Waals surface area (Å²) in [4.78, 5) is 0. The first kappa shape index (κ1) is 18.2. The Labute approximate surface area is 137 Å². The molecule has 1 aromatic carbocycles. The van der Waals surface area contributed by atoms with Gasteiger partial charge in [-0.1, -0.05) is 50.6 Å². The number of benzene rings is 1. The van der Waals surface area contributed by atoms with E-state index in [1.807, 2.05) is 0 Å².